The molecule has 0 aliphatic carbocycles. The molecule has 0 aliphatic rings. The summed E-state index contributed by atoms with van der Waals surface area (Å²) in [6.07, 6.45) is 0. The molecule has 1 amide bonds. The van der Waals surface area contributed by atoms with Crippen LogP contribution in [0.4, 0.5) is 5.69 Å². The minimum Gasteiger partial charge on any atom is -0.494 e. The summed E-state index contributed by atoms with van der Waals surface area (Å²) in [5.41, 5.74) is 0.616. The van der Waals surface area contributed by atoms with Crippen molar-refractivity contribution < 1.29 is 18.7 Å². The molecule has 23 heavy (non-hydrogen) atoms. The molecule has 7 heteroatoms. The number of methoxy groups -OCH3 is 2. The Hall–Kier alpha value is -2.54. The Morgan fingerprint density at radius 2 is 1.83 bits per heavy atom. The molecule has 0 saturated heterocycles. The number of furan rings is 1. The molecule has 1 aromatic heterocycles. The predicted octanol–water partition coefficient (Wildman–Crippen LogP) is 2.77. The fourth-order valence-electron chi connectivity index (χ4n) is 1.96. The van der Waals surface area contributed by atoms with Crippen LogP contribution < -0.4 is 20.1 Å². The van der Waals surface area contributed by atoms with Crippen LogP contribution in [0.5, 0.6) is 11.5 Å². The van der Waals surface area contributed by atoms with E-state index in [1.807, 2.05) is 6.07 Å². The molecule has 0 atom stereocenters. The molecule has 122 valence electrons. The van der Waals surface area contributed by atoms with Gasteiger partial charge in [0.25, 0.3) is 5.91 Å². The zero-order valence-electron chi connectivity index (χ0n) is 13.1. The number of carbonyl (C=O) groups excluding carboxylic acids is 1. The van der Waals surface area contributed by atoms with E-state index in [1.165, 1.54) is 0 Å². The lowest BCUT2D eigenvalue weighted by Crippen LogP contribution is -2.31. The van der Waals surface area contributed by atoms with Crippen molar-refractivity contribution in [2.75, 3.05) is 26.1 Å². The topological polar surface area (TPSA) is 72.7 Å². The van der Waals surface area contributed by atoms with E-state index in [0.29, 0.717) is 27.9 Å². The van der Waals surface area contributed by atoms with Crippen LogP contribution in [0.3, 0.4) is 0 Å². The van der Waals surface area contributed by atoms with Crippen LogP contribution in [0.25, 0.3) is 0 Å². The average Bonchev–Trinajstić information content (AvgIpc) is 2.99. The van der Waals surface area contributed by atoms with E-state index in [-0.39, 0.29) is 18.2 Å². The zero-order chi connectivity index (χ0) is 16.8. The number of thiocarbonyl (C=S) groups is 1. The number of amides is 1. The van der Waals surface area contributed by atoms with Gasteiger partial charge in [0, 0.05) is 0 Å². The van der Waals surface area contributed by atoms with Crippen molar-refractivity contribution in [2.45, 2.75) is 6.92 Å². The maximum absolute atomic E-state index is 11.9. The van der Waals surface area contributed by atoms with Gasteiger partial charge in [-0.05, 0) is 31.2 Å². The van der Waals surface area contributed by atoms with E-state index < -0.39 is 0 Å². The second-order valence-corrected chi connectivity index (χ2v) is 5.17. The van der Waals surface area contributed by atoms with Gasteiger partial charge in [-0.25, -0.2) is 0 Å². The molecular weight excluding hydrogens is 316 g/mol. The van der Waals surface area contributed by atoms with E-state index in [1.54, 1.807) is 45.4 Å². The number of para-hydroxylation sites is 1. The molecule has 1 aromatic carbocycles. The van der Waals surface area contributed by atoms with Gasteiger partial charge in [-0.3, -0.25) is 4.79 Å². The van der Waals surface area contributed by atoms with E-state index in [4.69, 9.17) is 26.1 Å². The number of anilines is 1. The average molecular weight is 334 g/mol. The first-order chi connectivity index (χ1) is 11.0. The fraction of sp³-hybridized carbons (Fsp3) is 0.250. The summed E-state index contributed by atoms with van der Waals surface area (Å²) in [5.74, 6) is 1.79. The summed E-state index contributed by atoms with van der Waals surface area (Å²) in [5, 5.41) is 5.72. The molecule has 0 radical (unpaired) electrons. The second kappa shape index (κ2) is 7.64. The van der Waals surface area contributed by atoms with E-state index in [0.717, 1.165) is 0 Å². The molecular formula is C16H18N2O4S. The third-order valence-electron chi connectivity index (χ3n) is 3.07. The maximum Gasteiger partial charge on any atom is 0.287 e. The van der Waals surface area contributed by atoms with Crippen LogP contribution in [-0.4, -0.2) is 31.7 Å². The van der Waals surface area contributed by atoms with E-state index >= 15 is 0 Å². The van der Waals surface area contributed by atoms with Crippen molar-refractivity contribution in [3.05, 3.63) is 41.9 Å². The summed E-state index contributed by atoms with van der Waals surface area (Å²) >= 11 is 5.26. The molecule has 0 aliphatic heterocycles. The summed E-state index contributed by atoms with van der Waals surface area (Å²) in [6, 6.07) is 8.73. The lowest BCUT2D eigenvalue weighted by molar-refractivity contribution is 0.0930. The number of rotatable bonds is 6. The first-order valence-electron chi connectivity index (χ1n) is 6.90. The molecule has 0 fully saturated rings. The Bertz CT molecular complexity index is 690. The Labute approximate surface area is 139 Å². The molecule has 0 bridgehead atoms. The number of hydrogen-bond acceptors (Lipinski definition) is 5. The third-order valence-corrected chi connectivity index (χ3v) is 3.31. The van der Waals surface area contributed by atoms with Gasteiger partial charge < -0.3 is 24.5 Å². The van der Waals surface area contributed by atoms with Gasteiger partial charge in [-0.15, -0.1) is 0 Å². The van der Waals surface area contributed by atoms with Crippen molar-refractivity contribution in [1.29, 1.82) is 0 Å². The van der Waals surface area contributed by atoms with Crippen LogP contribution in [0.15, 0.2) is 34.7 Å². The molecule has 1 heterocycles. The van der Waals surface area contributed by atoms with Gasteiger partial charge in [0.15, 0.2) is 5.76 Å². The van der Waals surface area contributed by atoms with Gasteiger partial charge >= 0.3 is 0 Å². The summed E-state index contributed by atoms with van der Waals surface area (Å²) in [4.78, 5) is 12.3. The van der Waals surface area contributed by atoms with Crippen LogP contribution >= 0.6 is 12.2 Å². The van der Waals surface area contributed by atoms with Crippen LogP contribution in [0, 0.1) is 6.92 Å². The van der Waals surface area contributed by atoms with Crippen molar-refractivity contribution in [3.8, 4) is 11.5 Å². The van der Waals surface area contributed by atoms with Crippen molar-refractivity contribution in [3.63, 3.8) is 0 Å². The predicted molar refractivity (Wildman–Crippen MR) is 91.5 cm³/mol. The highest BCUT2D eigenvalue weighted by molar-refractivity contribution is 7.80. The van der Waals surface area contributed by atoms with E-state index in [2.05, 4.69) is 10.6 Å². The highest BCUT2D eigenvalue weighted by Crippen LogP contribution is 2.34. The number of carbonyl (C=O) groups is 1. The highest BCUT2D eigenvalue weighted by Gasteiger charge is 2.13. The Balaban J connectivity index is 1.99. The highest BCUT2D eigenvalue weighted by atomic mass is 32.1. The minimum atomic E-state index is -0.325. The van der Waals surface area contributed by atoms with Crippen LogP contribution in [0.1, 0.15) is 16.3 Å². The molecule has 0 unspecified atom stereocenters. The largest absolute Gasteiger partial charge is 0.494 e. The zero-order valence-corrected chi connectivity index (χ0v) is 14.0. The van der Waals surface area contributed by atoms with Crippen LogP contribution in [0.2, 0.25) is 0 Å². The van der Waals surface area contributed by atoms with Crippen LogP contribution in [-0.2, 0) is 0 Å². The Morgan fingerprint density at radius 1 is 1.17 bits per heavy atom. The molecule has 6 nitrogen and oxygen atoms in total. The lowest BCUT2D eigenvalue weighted by atomic mass is 10.2. The molecule has 0 spiro atoms. The summed E-state index contributed by atoms with van der Waals surface area (Å²) in [7, 11) is 3.12. The van der Waals surface area contributed by atoms with Gasteiger partial charge in [0.05, 0.1) is 25.8 Å². The van der Waals surface area contributed by atoms with Gasteiger partial charge in [0.2, 0.25) is 0 Å². The monoisotopic (exact) mass is 334 g/mol. The lowest BCUT2D eigenvalue weighted by Gasteiger charge is -2.15. The number of ether oxygens (including phenoxy) is 2. The third kappa shape index (κ3) is 4.23. The van der Waals surface area contributed by atoms with Gasteiger partial charge in [-0.1, -0.05) is 18.3 Å². The summed E-state index contributed by atoms with van der Waals surface area (Å²) < 4.78 is 15.8. The van der Waals surface area contributed by atoms with Gasteiger partial charge in [0.1, 0.15) is 22.9 Å². The fourth-order valence-corrected chi connectivity index (χ4v) is 2.14. The van der Waals surface area contributed by atoms with Crippen molar-refractivity contribution in [2.24, 2.45) is 0 Å². The summed E-state index contributed by atoms with van der Waals surface area (Å²) in [6.45, 7) is 1.94. The van der Waals surface area contributed by atoms with Crippen molar-refractivity contribution in [1.82, 2.24) is 5.32 Å². The number of aryl methyl sites for hydroxylation is 1. The number of nitrogens with one attached hydrogen (secondary N) is 2. The minimum absolute atomic E-state index is 0.162. The SMILES string of the molecule is COc1cccc(OC)c1NC(=S)CNC(=O)c1ccc(C)o1. The molecule has 2 N–H and O–H groups in total. The number of hydrogen-bond donors (Lipinski definition) is 2. The first kappa shape index (κ1) is 16.8. The molecule has 2 rings (SSSR count). The van der Waals surface area contributed by atoms with Crippen molar-refractivity contribution >= 4 is 28.8 Å². The molecule has 0 saturated carbocycles. The number of benzene rings is 1. The molecule has 2 aromatic rings. The standard InChI is InChI=1S/C16H18N2O4S/c1-10-7-8-13(22-10)16(19)17-9-14(23)18-15-11(20-2)5-4-6-12(15)21-3/h4-8H,9H2,1-3H3,(H,17,19)(H,18,23). The smallest absolute Gasteiger partial charge is 0.287 e. The van der Waals surface area contributed by atoms with E-state index in [9.17, 15) is 4.79 Å². The normalized spacial score (nSPS) is 10.0. The maximum atomic E-state index is 11.9. The second-order valence-electron chi connectivity index (χ2n) is 4.68. The Kier molecular flexibility index (Phi) is 5.59. The van der Waals surface area contributed by atoms with Gasteiger partial charge in [-0.2, -0.15) is 0 Å². The first-order valence-corrected chi connectivity index (χ1v) is 7.31. The Morgan fingerprint density at radius 3 is 2.35 bits per heavy atom. The quantitative estimate of drug-likeness (QED) is 0.792.